The molecule has 0 aromatic heterocycles. The van der Waals surface area contributed by atoms with Crippen LogP contribution in [0.4, 0.5) is 10.5 Å². The van der Waals surface area contributed by atoms with Gasteiger partial charge < -0.3 is 26.2 Å². The van der Waals surface area contributed by atoms with E-state index in [4.69, 9.17) is 10.5 Å². The number of carboxylic acids is 1. The van der Waals surface area contributed by atoms with E-state index in [1.165, 1.54) is 6.07 Å². The Bertz CT molecular complexity index is 1140. The van der Waals surface area contributed by atoms with Gasteiger partial charge in [-0.25, -0.2) is 22.7 Å². The molecule has 2 saturated carbocycles. The predicted molar refractivity (Wildman–Crippen MR) is 154 cm³/mol. The first kappa shape index (κ1) is 33.4. The molecule has 0 heterocycles. The van der Waals surface area contributed by atoms with Crippen molar-refractivity contribution in [1.29, 1.82) is 0 Å². The van der Waals surface area contributed by atoms with Crippen molar-refractivity contribution in [2.45, 2.75) is 93.2 Å². The van der Waals surface area contributed by atoms with E-state index >= 15 is 0 Å². The molecule has 2 amide bonds. The first-order chi connectivity index (χ1) is 18.6. The number of para-hydroxylation sites is 1. The zero-order valence-corrected chi connectivity index (χ0v) is 24.2. The Morgan fingerprint density at radius 1 is 1.12 bits per heavy atom. The number of unbranched alkanes of at least 4 members (excludes halogenated alkanes) is 4. The van der Waals surface area contributed by atoms with E-state index in [9.17, 15) is 27.9 Å². The van der Waals surface area contributed by atoms with Gasteiger partial charge >= 0.3 is 12.1 Å². The van der Waals surface area contributed by atoms with Crippen LogP contribution in [0, 0.1) is 5.92 Å². The molecule has 2 aliphatic carbocycles. The molecule has 11 nitrogen and oxygen atoms in total. The van der Waals surface area contributed by atoms with Gasteiger partial charge in [-0.2, -0.15) is 0 Å². The van der Waals surface area contributed by atoms with Crippen LogP contribution in [0.25, 0.3) is 0 Å². The van der Waals surface area contributed by atoms with Crippen molar-refractivity contribution in [2.24, 2.45) is 11.7 Å². The number of benzene rings is 1. The van der Waals surface area contributed by atoms with Crippen molar-refractivity contribution in [3.05, 3.63) is 36.9 Å². The summed E-state index contributed by atoms with van der Waals surface area (Å²) in [7, 11) is -4.11. The number of ether oxygens (including phenoxy) is 1. The molecule has 3 rings (SSSR count). The molecule has 0 unspecified atom stereocenters. The average molecular weight is 601 g/mol. The fourth-order valence-corrected chi connectivity index (χ4v) is 6.03. The second-order valence-corrected chi connectivity index (χ2v) is 12.0. The van der Waals surface area contributed by atoms with Crippen molar-refractivity contribution in [1.82, 2.24) is 10.0 Å². The summed E-state index contributed by atoms with van der Waals surface area (Å²) in [6.45, 7) is 4.13. The van der Waals surface area contributed by atoms with Crippen LogP contribution in [-0.4, -0.2) is 55.7 Å². The second kappa shape index (κ2) is 15.2. The lowest BCUT2D eigenvalue weighted by Crippen LogP contribution is -2.46. The SMILES string of the molecule is C=C[C@@H]1C[C@@]1(N)C(=O)NS(=O)(=O)c1ccccc1NCCCCCCC[C@H](NC(=O)OC1CCCC1)C(=O)O.Cl. The zero-order chi connectivity index (χ0) is 28.5. The smallest absolute Gasteiger partial charge is 0.408 e. The van der Waals surface area contributed by atoms with Crippen molar-refractivity contribution in [3.63, 3.8) is 0 Å². The van der Waals surface area contributed by atoms with Crippen LogP contribution >= 0.6 is 12.4 Å². The largest absolute Gasteiger partial charge is 0.480 e. The number of nitrogens with one attached hydrogen (secondary N) is 3. The number of alkyl carbamates (subject to hydrolysis) is 1. The topological polar surface area (TPSA) is 177 Å². The fourth-order valence-electron chi connectivity index (χ4n) is 4.80. The number of hydrogen-bond donors (Lipinski definition) is 5. The molecule has 1 aromatic rings. The fraction of sp³-hybridized carbons (Fsp3) is 0.593. The van der Waals surface area contributed by atoms with Gasteiger partial charge in [0.25, 0.3) is 15.9 Å². The van der Waals surface area contributed by atoms with Gasteiger partial charge in [-0.15, -0.1) is 19.0 Å². The lowest BCUT2D eigenvalue weighted by molar-refractivity contribution is -0.139. The summed E-state index contributed by atoms with van der Waals surface area (Å²) in [5, 5.41) is 15.0. The Balaban J connectivity index is 0.00000560. The summed E-state index contributed by atoms with van der Waals surface area (Å²) in [5.41, 5.74) is 5.13. The molecule has 224 valence electrons. The Labute approximate surface area is 242 Å². The summed E-state index contributed by atoms with van der Waals surface area (Å²) >= 11 is 0. The van der Waals surface area contributed by atoms with Gasteiger partial charge in [-0.1, -0.05) is 43.9 Å². The maximum atomic E-state index is 12.9. The Hall–Kier alpha value is -2.83. The number of hydrogen-bond acceptors (Lipinski definition) is 8. The molecule has 2 fully saturated rings. The zero-order valence-electron chi connectivity index (χ0n) is 22.6. The van der Waals surface area contributed by atoms with Gasteiger partial charge in [0.15, 0.2) is 0 Å². The maximum Gasteiger partial charge on any atom is 0.408 e. The third-order valence-electron chi connectivity index (χ3n) is 7.32. The minimum absolute atomic E-state index is 0. The third-order valence-corrected chi connectivity index (χ3v) is 8.71. The van der Waals surface area contributed by atoms with Crippen LogP contribution in [0.15, 0.2) is 41.8 Å². The summed E-state index contributed by atoms with van der Waals surface area (Å²) < 4.78 is 33.1. The molecular formula is C27H41ClN4O7S. The van der Waals surface area contributed by atoms with Gasteiger partial charge in [-0.3, -0.25) is 4.79 Å². The number of anilines is 1. The minimum Gasteiger partial charge on any atom is -0.480 e. The average Bonchev–Trinajstić information content (AvgIpc) is 3.31. The number of carbonyl (C=O) groups is 3. The van der Waals surface area contributed by atoms with E-state index in [0.717, 1.165) is 51.4 Å². The molecule has 3 atom stereocenters. The number of amides is 2. The Morgan fingerprint density at radius 3 is 2.42 bits per heavy atom. The van der Waals surface area contributed by atoms with Crippen LogP contribution in [0.3, 0.4) is 0 Å². The van der Waals surface area contributed by atoms with Gasteiger partial charge in [0.05, 0.1) is 5.69 Å². The van der Waals surface area contributed by atoms with Crippen molar-refractivity contribution in [3.8, 4) is 0 Å². The number of nitrogens with two attached hydrogens (primary N) is 1. The molecule has 2 aliphatic rings. The number of aliphatic carboxylic acids is 1. The first-order valence-corrected chi connectivity index (χ1v) is 15.1. The van der Waals surface area contributed by atoms with Gasteiger partial charge in [0, 0.05) is 12.5 Å². The van der Waals surface area contributed by atoms with E-state index in [1.807, 2.05) is 0 Å². The number of carboxylic acid groups (broad SMARTS) is 1. The van der Waals surface area contributed by atoms with Crippen molar-refractivity contribution >= 4 is 46.1 Å². The van der Waals surface area contributed by atoms with E-state index < -0.39 is 39.6 Å². The summed E-state index contributed by atoms with van der Waals surface area (Å²) in [4.78, 5) is 35.9. The standard InChI is InChI=1S/C27H40N4O7S.ClH/c1-2-19-18-27(19,28)25(34)31-39(36,37)23-16-10-9-14-21(23)29-17-11-5-3-4-6-15-22(24(32)33)30-26(35)38-20-12-7-8-13-20;/h2,9-10,14,16,19-20,22,29H,1,3-8,11-13,15,17-18,28H2,(H,30,35)(H,31,34)(H,32,33);1H/t19-,22+,27+;/m1./s1. The molecule has 40 heavy (non-hydrogen) atoms. The van der Waals surface area contributed by atoms with E-state index in [2.05, 4.69) is 21.9 Å². The molecule has 0 radical (unpaired) electrons. The first-order valence-electron chi connectivity index (χ1n) is 13.6. The van der Waals surface area contributed by atoms with Crippen LogP contribution in [0.2, 0.25) is 0 Å². The Morgan fingerprint density at radius 2 is 1.77 bits per heavy atom. The summed E-state index contributed by atoms with van der Waals surface area (Å²) in [5.74, 6) is -2.06. The molecule has 1 aromatic carbocycles. The number of sulfonamides is 1. The minimum atomic E-state index is -4.11. The number of halogens is 1. The highest BCUT2D eigenvalue weighted by molar-refractivity contribution is 7.90. The Kier molecular flexibility index (Phi) is 12.7. The highest BCUT2D eigenvalue weighted by Crippen LogP contribution is 2.42. The highest BCUT2D eigenvalue weighted by atomic mass is 35.5. The van der Waals surface area contributed by atoms with Crippen molar-refractivity contribution in [2.75, 3.05) is 11.9 Å². The quantitative estimate of drug-likeness (QED) is 0.140. The van der Waals surface area contributed by atoms with Crippen molar-refractivity contribution < 1.29 is 32.6 Å². The summed E-state index contributed by atoms with van der Waals surface area (Å²) in [6, 6.07) is 5.38. The molecule has 0 saturated heterocycles. The predicted octanol–water partition coefficient (Wildman–Crippen LogP) is 3.69. The molecule has 13 heteroatoms. The van der Waals surface area contributed by atoms with E-state index in [0.29, 0.717) is 31.5 Å². The molecule has 6 N–H and O–H groups in total. The lowest BCUT2D eigenvalue weighted by atomic mass is 10.1. The van der Waals surface area contributed by atoms with Gasteiger partial charge in [-0.05, 0) is 57.1 Å². The highest BCUT2D eigenvalue weighted by Gasteiger charge is 2.56. The molecule has 0 bridgehead atoms. The van der Waals surface area contributed by atoms with Crippen LogP contribution in [0.1, 0.15) is 70.6 Å². The molecule has 0 aliphatic heterocycles. The summed E-state index contributed by atoms with van der Waals surface area (Å²) in [6.07, 6.45) is 9.05. The maximum absolute atomic E-state index is 12.9. The molecular weight excluding hydrogens is 560 g/mol. The number of carbonyl (C=O) groups excluding carboxylic acids is 2. The third kappa shape index (κ3) is 9.38. The van der Waals surface area contributed by atoms with Gasteiger partial charge in [0.2, 0.25) is 0 Å². The van der Waals surface area contributed by atoms with E-state index in [1.54, 1.807) is 24.3 Å². The normalized spacial score (nSPS) is 21.0. The van der Waals surface area contributed by atoms with Crippen LogP contribution in [-0.2, 0) is 24.3 Å². The monoisotopic (exact) mass is 600 g/mol. The van der Waals surface area contributed by atoms with E-state index in [-0.39, 0.29) is 29.3 Å². The number of rotatable bonds is 16. The van der Waals surface area contributed by atoms with Crippen LogP contribution in [0.5, 0.6) is 0 Å². The molecule has 0 spiro atoms. The van der Waals surface area contributed by atoms with Crippen LogP contribution < -0.4 is 21.1 Å². The second-order valence-electron chi connectivity index (χ2n) is 10.3. The lowest BCUT2D eigenvalue weighted by Gasteiger charge is -2.17. The van der Waals surface area contributed by atoms with Gasteiger partial charge in [0.1, 0.15) is 22.6 Å².